The first kappa shape index (κ1) is 10.4. The van der Waals surface area contributed by atoms with Crippen molar-refractivity contribution >= 4 is 5.97 Å². The lowest BCUT2D eigenvalue weighted by Gasteiger charge is -2.18. The van der Waals surface area contributed by atoms with Gasteiger partial charge in [0.25, 0.3) is 0 Å². The van der Waals surface area contributed by atoms with E-state index in [9.17, 15) is 4.79 Å². The Morgan fingerprint density at radius 1 is 1.64 bits per heavy atom. The quantitative estimate of drug-likeness (QED) is 0.663. The van der Waals surface area contributed by atoms with Crippen molar-refractivity contribution in [3.63, 3.8) is 0 Å². The van der Waals surface area contributed by atoms with Crippen LogP contribution in [0.15, 0.2) is 0 Å². The Bertz CT molecular complexity index is 123. The summed E-state index contributed by atoms with van der Waals surface area (Å²) in [5, 5.41) is 8.50. The molecule has 0 heterocycles. The molecule has 0 rings (SSSR count). The van der Waals surface area contributed by atoms with Crippen LogP contribution in [0.1, 0.15) is 26.7 Å². The minimum Gasteiger partial charge on any atom is -0.481 e. The number of carboxylic acid groups (broad SMARTS) is 1. The molecule has 0 fully saturated rings. The van der Waals surface area contributed by atoms with Crippen LogP contribution in [-0.4, -0.2) is 24.3 Å². The van der Waals surface area contributed by atoms with Crippen LogP contribution in [-0.2, 0) is 9.53 Å². The van der Waals surface area contributed by atoms with Crippen LogP contribution in [0.4, 0.5) is 0 Å². The summed E-state index contributed by atoms with van der Waals surface area (Å²) < 4.78 is 5.04. The number of methoxy groups -OCH3 is 1. The van der Waals surface area contributed by atoms with Gasteiger partial charge < -0.3 is 9.84 Å². The predicted octanol–water partition coefficient (Wildman–Crippen LogP) is 1.52. The fourth-order valence-electron chi connectivity index (χ4n) is 1.06. The average molecular weight is 160 g/mol. The van der Waals surface area contributed by atoms with Gasteiger partial charge in [-0.1, -0.05) is 13.3 Å². The standard InChI is InChI=1S/C8H16O3/c1-4-7(5-8(9)10)6(2)11-3/h6-7H,4-5H2,1-3H3,(H,9,10). The van der Waals surface area contributed by atoms with Crippen molar-refractivity contribution in [3.05, 3.63) is 0 Å². The Labute approximate surface area is 67.4 Å². The van der Waals surface area contributed by atoms with E-state index in [2.05, 4.69) is 0 Å². The molecule has 3 nitrogen and oxygen atoms in total. The summed E-state index contributed by atoms with van der Waals surface area (Å²) in [5.74, 6) is -0.613. The van der Waals surface area contributed by atoms with Crippen molar-refractivity contribution < 1.29 is 14.6 Å². The zero-order chi connectivity index (χ0) is 8.85. The van der Waals surface area contributed by atoms with Crippen LogP contribution in [0.3, 0.4) is 0 Å². The van der Waals surface area contributed by atoms with Gasteiger partial charge in [0.05, 0.1) is 12.5 Å². The molecule has 0 aliphatic heterocycles. The maximum absolute atomic E-state index is 10.3. The maximum atomic E-state index is 10.3. The fraction of sp³-hybridized carbons (Fsp3) is 0.875. The topological polar surface area (TPSA) is 46.5 Å². The third-order valence-electron chi connectivity index (χ3n) is 2.00. The summed E-state index contributed by atoms with van der Waals surface area (Å²) in [5.41, 5.74) is 0. The van der Waals surface area contributed by atoms with Gasteiger partial charge in [-0.2, -0.15) is 0 Å². The Hall–Kier alpha value is -0.570. The zero-order valence-electron chi connectivity index (χ0n) is 7.33. The van der Waals surface area contributed by atoms with E-state index in [1.807, 2.05) is 13.8 Å². The number of hydrogen-bond donors (Lipinski definition) is 1. The molecule has 2 atom stereocenters. The van der Waals surface area contributed by atoms with E-state index >= 15 is 0 Å². The van der Waals surface area contributed by atoms with Crippen molar-refractivity contribution in [2.24, 2.45) is 5.92 Å². The normalized spacial score (nSPS) is 15.9. The summed E-state index contributed by atoms with van der Waals surface area (Å²) >= 11 is 0. The number of carbonyl (C=O) groups is 1. The van der Waals surface area contributed by atoms with Crippen LogP contribution in [0.25, 0.3) is 0 Å². The highest BCUT2D eigenvalue weighted by Crippen LogP contribution is 2.15. The van der Waals surface area contributed by atoms with Gasteiger partial charge in [-0.25, -0.2) is 0 Å². The first-order valence-corrected chi connectivity index (χ1v) is 3.86. The summed E-state index contributed by atoms with van der Waals surface area (Å²) in [4.78, 5) is 10.3. The first-order chi connectivity index (χ1) is 5.11. The second-order valence-electron chi connectivity index (χ2n) is 2.71. The van der Waals surface area contributed by atoms with Crippen molar-refractivity contribution in [1.29, 1.82) is 0 Å². The monoisotopic (exact) mass is 160 g/mol. The lowest BCUT2D eigenvalue weighted by atomic mass is 9.97. The summed E-state index contributed by atoms with van der Waals surface area (Å²) in [6, 6.07) is 0. The highest BCUT2D eigenvalue weighted by molar-refractivity contribution is 5.67. The molecule has 66 valence electrons. The maximum Gasteiger partial charge on any atom is 0.303 e. The fourth-order valence-corrected chi connectivity index (χ4v) is 1.06. The van der Waals surface area contributed by atoms with E-state index in [1.54, 1.807) is 7.11 Å². The van der Waals surface area contributed by atoms with Crippen molar-refractivity contribution in [2.45, 2.75) is 32.8 Å². The number of rotatable bonds is 5. The molecule has 0 spiro atoms. The molecule has 0 aromatic rings. The van der Waals surface area contributed by atoms with E-state index in [1.165, 1.54) is 0 Å². The Morgan fingerprint density at radius 2 is 2.18 bits per heavy atom. The van der Waals surface area contributed by atoms with Gasteiger partial charge in [0, 0.05) is 7.11 Å². The second-order valence-corrected chi connectivity index (χ2v) is 2.71. The van der Waals surface area contributed by atoms with Crippen LogP contribution in [0.2, 0.25) is 0 Å². The van der Waals surface area contributed by atoms with Crippen molar-refractivity contribution in [2.75, 3.05) is 7.11 Å². The molecule has 0 radical (unpaired) electrons. The third kappa shape index (κ3) is 3.98. The molecule has 0 saturated carbocycles. The van der Waals surface area contributed by atoms with Crippen molar-refractivity contribution in [1.82, 2.24) is 0 Å². The SMILES string of the molecule is CCC(CC(=O)O)C(C)OC. The average Bonchev–Trinajstić information content (AvgIpc) is 1.98. The summed E-state index contributed by atoms with van der Waals surface area (Å²) in [6.45, 7) is 3.88. The molecule has 0 bridgehead atoms. The summed E-state index contributed by atoms with van der Waals surface area (Å²) in [7, 11) is 1.61. The lowest BCUT2D eigenvalue weighted by molar-refractivity contribution is -0.139. The Balaban J connectivity index is 3.84. The van der Waals surface area contributed by atoms with Gasteiger partial charge in [-0.05, 0) is 12.8 Å². The van der Waals surface area contributed by atoms with Crippen molar-refractivity contribution in [3.8, 4) is 0 Å². The van der Waals surface area contributed by atoms with Gasteiger partial charge in [0.15, 0.2) is 0 Å². The number of carboxylic acids is 1. The second kappa shape index (κ2) is 5.13. The van der Waals surface area contributed by atoms with E-state index in [0.717, 1.165) is 6.42 Å². The molecule has 0 aromatic heterocycles. The molecule has 3 heteroatoms. The molecule has 0 amide bonds. The van der Waals surface area contributed by atoms with Gasteiger partial charge in [0.2, 0.25) is 0 Å². The third-order valence-corrected chi connectivity index (χ3v) is 2.00. The molecule has 0 aliphatic carbocycles. The smallest absolute Gasteiger partial charge is 0.303 e. The van der Waals surface area contributed by atoms with E-state index in [4.69, 9.17) is 9.84 Å². The first-order valence-electron chi connectivity index (χ1n) is 3.86. The summed E-state index contributed by atoms with van der Waals surface area (Å²) in [6.07, 6.45) is 1.09. The molecule has 0 aliphatic rings. The molecular formula is C8H16O3. The molecule has 0 saturated heterocycles. The highest BCUT2D eigenvalue weighted by Gasteiger charge is 2.17. The molecular weight excluding hydrogens is 144 g/mol. The number of ether oxygens (including phenoxy) is 1. The molecule has 2 unspecified atom stereocenters. The molecule has 0 aromatic carbocycles. The molecule has 1 N–H and O–H groups in total. The van der Waals surface area contributed by atoms with Gasteiger partial charge in [-0.3, -0.25) is 4.79 Å². The van der Waals surface area contributed by atoms with Gasteiger partial charge in [-0.15, -0.1) is 0 Å². The van der Waals surface area contributed by atoms with Crippen LogP contribution in [0.5, 0.6) is 0 Å². The minimum absolute atomic E-state index is 0.0381. The predicted molar refractivity (Wildman–Crippen MR) is 42.5 cm³/mol. The highest BCUT2D eigenvalue weighted by atomic mass is 16.5. The van der Waals surface area contributed by atoms with Crippen LogP contribution in [0, 0.1) is 5.92 Å². The van der Waals surface area contributed by atoms with E-state index in [-0.39, 0.29) is 18.4 Å². The number of hydrogen-bond acceptors (Lipinski definition) is 2. The lowest BCUT2D eigenvalue weighted by Crippen LogP contribution is -2.21. The largest absolute Gasteiger partial charge is 0.481 e. The van der Waals surface area contributed by atoms with Gasteiger partial charge >= 0.3 is 5.97 Å². The van der Waals surface area contributed by atoms with E-state index in [0.29, 0.717) is 0 Å². The number of aliphatic carboxylic acids is 1. The Kier molecular flexibility index (Phi) is 4.86. The van der Waals surface area contributed by atoms with Gasteiger partial charge in [0.1, 0.15) is 0 Å². The molecule has 11 heavy (non-hydrogen) atoms. The van der Waals surface area contributed by atoms with Crippen LogP contribution >= 0.6 is 0 Å². The zero-order valence-corrected chi connectivity index (χ0v) is 7.33. The minimum atomic E-state index is -0.749. The van der Waals surface area contributed by atoms with E-state index < -0.39 is 5.97 Å². The van der Waals surface area contributed by atoms with Crippen LogP contribution < -0.4 is 0 Å². The Morgan fingerprint density at radius 3 is 2.45 bits per heavy atom.